The Kier molecular flexibility index (Phi) is 14.3. The van der Waals surface area contributed by atoms with E-state index in [1.54, 1.807) is 0 Å². The zero-order valence-corrected chi connectivity index (χ0v) is 53.2. The van der Waals surface area contributed by atoms with Gasteiger partial charge in [0.05, 0.1) is 28.0 Å². The zero-order valence-electron chi connectivity index (χ0n) is 56.2. The highest BCUT2D eigenvalue weighted by Crippen LogP contribution is 2.50. The zero-order chi connectivity index (χ0) is 63.1. The third-order valence-electron chi connectivity index (χ3n) is 16.9. The highest BCUT2D eigenvalue weighted by atomic mass is 16.3. The van der Waals surface area contributed by atoms with E-state index < -0.39 is 6.85 Å². The quantitative estimate of drug-likeness (QED) is 0.157. The molecule has 0 fully saturated rings. The lowest BCUT2D eigenvalue weighted by atomic mass is 9.63. The highest BCUT2D eigenvalue weighted by Gasteiger charge is 2.37. The highest BCUT2D eigenvalue weighted by molar-refractivity contribution is 6.00. The van der Waals surface area contributed by atoms with Crippen molar-refractivity contribution in [2.75, 3.05) is 0 Å². The number of phenolic OH excluding ortho intramolecular Hbond substituents is 1. The van der Waals surface area contributed by atoms with E-state index in [1.165, 1.54) is 5.56 Å². The van der Waals surface area contributed by atoms with Crippen molar-refractivity contribution in [2.45, 2.75) is 159 Å². The lowest BCUT2D eigenvalue weighted by Crippen LogP contribution is -2.30. The molecule has 84 heavy (non-hydrogen) atoms. The van der Waals surface area contributed by atoms with Crippen LogP contribution < -0.4 is 0 Å². The van der Waals surface area contributed by atoms with Crippen molar-refractivity contribution in [1.29, 1.82) is 0 Å². The van der Waals surface area contributed by atoms with E-state index in [2.05, 4.69) is 275 Å². The minimum atomic E-state index is -2.30. The van der Waals surface area contributed by atoms with Crippen LogP contribution in [0.4, 0.5) is 0 Å². The second-order valence-electron chi connectivity index (χ2n) is 29.8. The topological polar surface area (TPSA) is 50.9 Å². The molecule has 2 aromatic heterocycles. The first-order valence-corrected chi connectivity index (χ1v) is 30.1. The molecule has 0 radical (unpaired) electrons. The molecule has 0 saturated carbocycles. The van der Waals surface area contributed by atoms with Crippen LogP contribution in [0.2, 0.25) is 0 Å². The molecule has 10 rings (SSSR count). The van der Waals surface area contributed by atoms with Crippen molar-refractivity contribution in [1.82, 2.24) is 14.5 Å². The van der Waals surface area contributed by atoms with Gasteiger partial charge in [-0.05, 0) is 161 Å². The molecule has 0 aliphatic heterocycles. The van der Waals surface area contributed by atoms with Gasteiger partial charge in [0.2, 0.25) is 0 Å². The summed E-state index contributed by atoms with van der Waals surface area (Å²) < 4.78 is 28.5. The van der Waals surface area contributed by atoms with Gasteiger partial charge in [-0.2, -0.15) is 0 Å². The van der Waals surface area contributed by atoms with Gasteiger partial charge in [-0.25, -0.2) is 4.98 Å². The summed E-state index contributed by atoms with van der Waals surface area (Å²) in [7, 11) is 0. The lowest BCUT2D eigenvalue weighted by molar-refractivity contribution is 0.176. The number of aromatic nitrogens is 3. The number of benzene rings is 8. The number of hydrogen-bond acceptors (Lipinski definition) is 3. The van der Waals surface area contributed by atoms with Crippen LogP contribution in [0.15, 0.2) is 182 Å². The van der Waals surface area contributed by atoms with Crippen molar-refractivity contribution < 1.29 is 9.22 Å². The summed E-state index contributed by atoms with van der Waals surface area (Å²) in [6, 6.07) is 62.4. The number of phenols is 1. The van der Waals surface area contributed by atoms with Crippen molar-refractivity contribution in [3.8, 4) is 89.7 Å². The Bertz CT molecular complexity index is 4110. The maximum absolute atomic E-state index is 13.0. The molecular weight excluding hydrogens is 1020 g/mol. The standard InChI is InChI=1S/C80H89N3O/c1-50-41-56(73(79(14,15)16)80(17,18)19)37-38-62(50)54-35-33-51(34-36-54)55-39-40-81-68(45-55)58-42-57(43-59(44-58)75(2,3)4)63-31-26-32-69-70(63)82-74(66-48-61(77(8,9)10)49-67(72(66)84)78(11,12)13)83(69)71-64(52-27-22-20-23-28-52)46-60(76(5,6)7)47-65(71)53-29-24-21-25-30-53/h20-49,73,84H,1-19H3/i1D3. The van der Waals surface area contributed by atoms with Crippen molar-refractivity contribution in [3.63, 3.8) is 0 Å². The van der Waals surface area contributed by atoms with Crippen LogP contribution >= 0.6 is 0 Å². The molecule has 0 aliphatic rings. The van der Waals surface area contributed by atoms with Gasteiger partial charge in [-0.1, -0.05) is 252 Å². The molecular formula is C80H89N3O. The number of fused-ring (bicyclic) bond motifs is 1. The third-order valence-corrected chi connectivity index (χ3v) is 16.9. The summed E-state index contributed by atoms with van der Waals surface area (Å²) in [5.74, 6) is 1.02. The average molecular weight is 1110 g/mol. The van der Waals surface area contributed by atoms with E-state index in [1.807, 2.05) is 36.5 Å². The monoisotopic (exact) mass is 1110 g/mol. The molecule has 0 spiro atoms. The Morgan fingerprint density at radius 2 is 0.940 bits per heavy atom. The van der Waals surface area contributed by atoms with E-state index in [-0.39, 0.29) is 44.2 Å². The fraction of sp³-hybridized carbons (Fsp3) is 0.325. The summed E-state index contributed by atoms with van der Waals surface area (Å²) in [4.78, 5) is 10.9. The van der Waals surface area contributed by atoms with Crippen molar-refractivity contribution >= 4 is 11.0 Å². The average Bonchev–Trinajstić information content (AvgIpc) is 1.66. The number of rotatable bonds is 9. The van der Waals surface area contributed by atoms with Gasteiger partial charge in [0.25, 0.3) is 0 Å². The molecule has 0 amide bonds. The Morgan fingerprint density at radius 3 is 1.49 bits per heavy atom. The van der Waals surface area contributed by atoms with Gasteiger partial charge in [0.1, 0.15) is 11.6 Å². The molecule has 0 atom stereocenters. The molecule has 0 saturated heterocycles. The molecule has 8 aromatic carbocycles. The van der Waals surface area contributed by atoms with E-state index in [0.29, 0.717) is 17.0 Å². The summed E-state index contributed by atoms with van der Waals surface area (Å²) in [5, 5.41) is 13.0. The smallest absolute Gasteiger partial charge is 0.149 e. The molecule has 4 nitrogen and oxygen atoms in total. The maximum atomic E-state index is 13.0. The summed E-state index contributed by atoms with van der Waals surface area (Å²) in [5.41, 5.74) is 19.5. The minimum Gasteiger partial charge on any atom is -0.507 e. The van der Waals surface area contributed by atoms with E-state index >= 15 is 0 Å². The Labute approximate surface area is 507 Å². The molecule has 430 valence electrons. The van der Waals surface area contributed by atoms with Crippen molar-refractivity contribution in [3.05, 3.63) is 216 Å². The second kappa shape index (κ2) is 21.7. The Morgan fingerprint density at radius 1 is 0.417 bits per heavy atom. The predicted molar refractivity (Wildman–Crippen MR) is 360 cm³/mol. The summed E-state index contributed by atoms with van der Waals surface area (Å²) >= 11 is 0. The largest absolute Gasteiger partial charge is 0.507 e. The Hall–Kier alpha value is -7.82. The number of aromatic hydroxyl groups is 1. The number of aryl methyl sites for hydroxylation is 1. The summed E-state index contributed by atoms with van der Waals surface area (Å²) in [6.07, 6.45) is 1.88. The third kappa shape index (κ3) is 11.8. The maximum Gasteiger partial charge on any atom is 0.149 e. The number of pyridine rings is 1. The fourth-order valence-corrected chi connectivity index (χ4v) is 12.8. The van der Waals surface area contributed by atoms with Crippen LogP contribution in [0.5, 0.6) is 5.75 Å². The number of hydrogen-bond donors (Lipinski definition) is 1. The van der Waals surface area contributed by atoms with Crippen LogP contribution in [0.3, 0.4) is 0 Å². The van der Waals surface area contributed by atoms with E-state index in [9.17, 15) is 5.11 Å². The lowest BCUT2D eigenvalue weighted by Gasteiger charge is -2.41. The van der Waals surface area contributed by atoms with Crippen LogP contribution in [-0.4, -0.2) is 19.6 Å². The van der Waals surface area contributed by atoms with Gasteiger partial charge in [-0.3, -0.25) is 9.55 Å². The van der Waals surface area contributed by atoms with Gasteiger partial charge < -0.3 is 5.11 Å². The molecule has 2 heterocycles. The number of imidazole rings is 1. The number of nitrogens with zero attached hydrogens (tertiary/aromatic N) is 3. The van der Waals surface area contributed by atoms with Crippen molar-refractivity contribution in [2.24, 2.45) is 10.8 Å². The van der Waals surface area contributed by atoms with Gasteiger partial charge in [0, 0.05) is 38.1 Å². The summed E-state index contributed by atoms with van der Waals surface area (Å²) in [6.45, 7) is 37.9. The first-order valence-electron chi connectivity index (χ1n) is 31.6. The molecule has 10 aromatic rings. The first kappa shape index (κ1) is 55.4. The van der Waals surface area contributed by atoms with Crippen LogP contribution in [0.25, 0.3) is 95.0 Å². The number of para-hydroxylation sites is 1. The normalized spacial score (nSPS) is 13.5. The van der Waals surface area contributed by atoms with Gasteiger partial charge >= 0.3 is 0 Å². The molecule has 0 aliphatic carbocycles. The van der Waals surface area contributed by atoms with Crippen LogP contribution in [0, 0.1) is 17.7 Å². The van der Waals surface area contributed by atoms with Gasteiger partial charge in [-0.15, -0.1) is 0 Å². The molecule has 0 unspecified atom stereocenters. The molecule has 4 heteroatoms. The molecule has 0 bridgehead atoms. The predicted octanol–water partition coefficient (Wildman–Crippen LogP) is 22.5. The SMILES string of the molecule is [2H]C([2H])([2H])c1cc(C(C(C)(C)C)C(C)(C)C)ccc1-c1ccc(-c2ccnc(-c3cc(-c4cccc5c4nc(-c4cc(C(C)(C)C)cc(C(C)(C)C)c4O)n5-c4c(-c5ccccc5)cc(C(C)(C)C)cc4-c4ccccc4)cc(C(C)(C)C)c3)c2)cc1. The van der Waals surface area contributed by atoms with Crippen LogP contribution in [-0.2, 0) is 21.7 Å². The van der Waals surface area contributed by atoms with E-state index in [4.69, 9.17) is 14.1 Å². The minimum absolute atomic E-state index is 0.0714. The van der Waals surface area contributed by atoms with Crippen LogP contribution in [0.1, 0.15) is 168 Å². The molecule has 1 N–H and O–H groups in total. The first-order chi connectivity index (χ1) is 40.5. The second-order valence-corrected chi connectivity index (χ2v) is 29.8. The Balaban J connectivity index is 1.19. The van der Waals surface area contributed by atoms with Gasteiger partial charge in [0.15, 0.2) is 0 Å². The van der Waals surface area contributed by atoms with E-state index in [0.717, 1.165) is 106 Å². The fourth-order valence-electron chi connectivity index (χ4n) is 12.8.